The van der Waals surface area contributed by atoms with Crippen LogP contribution >= 0.6 is 0 Å². The fourth-order valence-corrected chi connectivity index (χ4v) is 4.65. The van der Waals surface area contributed by atoms with Crippen LogP contribution in [0.4, 0.5) is 0 Å². The van der Waals surface area contributed by atoms with Crippen molar-refractivity contribution in [1.82, 2.24) is 0 Å². The van der Waals surface area contributed by atoms with Gasteiger partial charge in [0.25, 0.3) is 0 Å². The van der Waals surface area contributed by atoms with E-state index in [-0.39, 0.29) is 13.2 Å². The van der Waals surface area contributed by atoms with Crippen molar-refractivity contribution in [2.45, 2.75) is 31.7 Å². The summed E-state index contributed by atoms with van der Waals surface area (Å²) in [7, 11) is 4.70. The second-order valence-corrected chi connectivity index (χ2v) is 9.16. The lowest BCUT2D eigenvalue weighted by Gasteiger charge is -2.41. The highest BCUT2D eigenvalue weighted by Gasteiger charge is 2.52. The standard InChI is InChI=1S/C31H38O9/c1-6-38-27(33)29(21-32,28(34)39-7-2)22-40-31(23-11-9-8-10-12-23,24-13-15-26(35-3)16-14-24)25-17-19-30(36-4,37-5)20-18-25/h8-19,32H,6-7,20-22H2,1-5H3. The first-order valence-electron chi connectivity index (χ1n) is 13.1. The molecule has 3 rings (SSSR count). The molecule has 9 heteroatoms. The Labute approximate surface area is 235 Å². The van der Waals surface area contributed by atoms with E-state index in [9.17, 15) is 14.7 Å². The molecule has 9 nitrogen and oxygen atoms in total. The van der Waals surface area contributed by atoms with Gasteiger partial charge in [0, 0.05) is 20.6 Å². The molecule has 0 bridgehead atoms. The van der Waals surface area contributed by atoms with Gasteiger partial charge in [-0.2, -0.15) is 0 Å². The number of aliphatic hydroxyl groups excluding tert-OH is 1. The number of hydrogen-bond acceptors (Lipinski definition) is 9. The highest BCUT2D eigenvalue weighted by atomic mass is 16.7. The van der Waals surface area contributed by atoms with Crippen LogP contribution in [-0.2, 0) is 38.9 Å². The molecule has 1 N–H and O–H groups in total. The Morgan fingerprint density at radius 1 is 0.875 bits per heavy atom. The van der Waals surface area contributed by atoms with Gasteiger partial charge in [-0.1, -0.05) is 54.6 Å². The Morgan fingerprint density at radius 2 is 1.45 bits per heavy atom. The maximum Gasteiger partial charge on any atom is 0.328 e. The van der Waals surface area contributed by atoms with E-state index in [1.54, 1.807) is 53.4 Å². The van der Waals surface area contributed by atoms with E-state index in [4.69, 9.17) is 28.4 Å². The van der Waals surface area contributed by atoms with Crippen LogP contribution < -0.4 is 4.74 Å². The number of methoxy groups -OCH3 is 3. The van der Waals surface area contributed by atoms with Crippen molar-refractivity contribution >= 4 is 11.9 Å². The average molecular weight is 555 g/mol. The summed E-state index contributed by atoms with van der Waals surface area (Å²) in [5, 5.41) is 10.5. The minimum atomic E-state index is -2.11. The first-order chi connectivity index (χ1) is 19.3. The van der Waals surface area contributed by atoms with Gasteiger partial charge in [-0.15, -0.1) is 0 Å². The molecular weight excluding hydrogens is 516 g/mol. The van der Waals surface area contributed by atoms with E-state index in [0.29, 0.717) is 23.3 Å². The van der Waals surface area contributed by atoms with Crippen LogP contribution in [0.2, 0.25) is 0 Å². The molecule has 40 heavy (non-hydrogen) atoms. The minimum Gasteiger partial charge on any atom is -0.497 e. The van der Waals surface area contributed by atoms with E-state index in [0.717, 1.165) is 5.56 Å². The lowest BCUT2D eigenvalue weighted by molar-refractivity contribution is -0.184. The topological polar surface area (TPSA) is 110 Å². The molecule has 0 saturated heterocycles. The molecule has 216 valence electrons. The predicted octanol–water partition coefficient (Wildman–Crippen LogP) is 3.94. The molecule has 1 atom stereocenters. The molecule has 0 saturated carbocycles. The smallest absolute Gasteiger partial charge is 0.328 e. The molecule has 0 heterocycles. The molecule has 0 radical (unpaired) electrons. The van der Waals surface area contributed by atoms with Crippen LogP contribution in [0.3, 0.4) is 0 Å². The van der Waals surface area contributed by atoms with Gasteiger partial charge >= 0.3 is 11.9 Å². The lowest BCUT2D eigenvalue weighted by Crippen LogP contribution is -2.51. The molecule has 1 unspecified atom stereocenters. The Morgan fingerprint density at radius 3 is 1.90 bits per heavy atom. The molecular formula is C31H38O9. The first-order valence-corrected chi connectivity index (χ1v) is 13.1. The van der Waals surface area contributed by atoms with Crippen LogP contribution in [0.1, 0.15) is 31.4 Å². The number of aliphatic hydroxyl groups is 1. The van der Waals surface area contributed by atoms with Crippen molar-refractivity contribution in [3.05, 3.63) is 89.5 Å². The lowest BCUT2D eigenvalue weighted by atomic mass is 9.76. The van der Waals surface area contributed by atoms with Crippen LogP contribution in [-0.4, -0.2) is 70.6 Å². The molecule has 2 aromatic rings. The molecule has 0 amide bonds. The fourth-order valence-electron chi connectivity index (χ4n) is 4.65. The highest BCUT2D eigenvalue weighted by Crippen LogP contribution is 2.45. The number of ether oxygens (including phenoxy) is 6. The first kappa shape index (κ1) is 31.0. The average Bonchev–Trinajstić information content (AvgIpc) is 3.00. The van der Waals surface area contributed by atoms with Crippen molar-refractivity contribution in [2.24, 2.45) is 5.41 Å². The summed E-state index contributed by atoms with van der Waals surface area (Å²) in [5.41, 5.74) is -1.33. The summed E-state index contributed by atoms with van der Waals surface area (Å²) in [4.78, 5) is 26.4. The van der Waals surface area contributed by atoms with Gasteiger partial charge in [0.15, 0.2) is 5.79 Å². The number of rotatable bonds is 14. The number of carbonyl (C=O) groups is 2. The molecule has 0 spiro atoms. The van der Waals surface area contributed by atoms with Gasteiger partial charge in [-0.3, -0.25) is 9.59 Å². The Balaban J connectivity index is 2.25. The van der Waals surface area contributed by atoms with Crippen molar-refractivity contribution in [1.29, 1.82) is 0 Å². The second-order valence-electron chi connectivity index (χ2n) is 9.16. The van der Waals surface area contributed by atoms with Gasteiger partial charge in [-0.25, -0.2) is 0 Å². The van der Waals surface area contributed by atoms with Gasteiger partial charge in [0.1, 0.15) is 11.4 Å². The van der Waals surface area contributed by atoms with Crippen LogP contribution in [0.25, 0.3) is 0 Å². The Hall–Kier alpha value is -3.50. The SMILES string of the molecule is CCOC(=O)C(CO)(COC(C1=CCC(OC)(OC)C=C1)(c1ccccc1)c1ccc(OC)cc1)C(=O)OCC. The summed E-state index contributed by atoms with van der Waals surface area (Å²) < 4.78 is 33.8. The summed E-state index contributed by atoms with van der Waals surface area (Å²) in [6, 6.07) is 16.7. The van der Waals surface area contributed by atoms with E-state index >= 15 is 0 Å². The van der Waals surface area contributed by atoms with E-state index in [1.165, 1.54) is 0 Å². The fraction of sp³-hybridized carbons (Fsp3) is 0.419. The van der Waals surface area contributed by atoms with E-state index in [1.807, 2.05) is 54.6 Å². The van der Waals surface area contributed by atoms with E-state index < -0.39 is 42.0 Å². The van der Waals surface area contributed by atoms with Crippen molar-refractivity contribution < 1.29 is 43.1 Å². The summed E-state index contributed by atoms with van der Waals surface area (Å²) in [5.74, 6) is -2.19. The highest BCUT2D eigenvalue weighted by molar-refractivity contribution is 6.00. The van der Waals surface area contributed by atoms with Crippen LogP contribution in [0, 0.1) is 5.41 Å². The monoisotopic (exact) mass is 554 g/mol. The van der Waals surface area contributed by atoms with Gasteiger partial charge in [-0.05, 0) is 48.8 Å². The predicted molar refractivity (Wildman–Crippen MR) is 148 cm³/mol. The maximum absolute atomic E-state index is 13.2. The number of benzene rings is 2. The number of hydrogen-bond donors (Lipinski definition) is 1. The Bertz CT molecular complexity index is 1170. The number of carbonyl (C=O) groups excluding carboxylic acids is 2. The summed E-state index contributed by atoms with van der Waals surface area (Å²) in [6.45, 7) is 1.84. The van der Waals surface area contributed by atoms with Crippen molar-refractivity contribution in [2.75, 3.05) is 47.8 Å². The zero-order valence-corrected chi connectivity index (χ0v) is 23.7. The van der Waals surface area contributed by atoms with Crippen molar-refractivity contribution in [3.63, 3.8) is 0 Å². The van der Waals surface area contributed by atoms with Gasteiger partial charge in [0.2, 0.25) is 5.41 Å². The van der Waals surface area contributed by atoms with Crippen LogP contribution in [0.5, 0.6) is 5.75 Å². The largest absolute Gasteiger partial charge is 0.497 e. The minimum absolute atomic E-state index is 0.00625. The summed E-state index contributed by atoms with van der Waals surface area (Å²) >= 11 is 0. The van der Waals surface area contributed by atoms with Gasteiger partial charge < -0.3 is 33.5 Å². The third kappa shape index (κ3) is 5.97. The molecule has 0 aromatic heterocycles. The van der Waals surface area contributed by atoms with E-state index in [2.05, 4.69) is 0 Å². The molecule has 1 aliphatic carbocycles. The second kappa shape index (κ2) is 13.7. The van der Waals surface area contributed by atoms with Crippen LogP contribution in [0.15, 0.2) is 78.4 Å². The third-order valence-electron chi connectivity index (χ3n) is 7.04. The molecule has 2 aromatic carbocycles. The molecule has 0 fully saturated rings. The van der Waals surface area contributed by atoms with Crippen molar-refractivity contribution in [3.8, 4) is 5.75 Å². The molecule has 1 aliphatic rings. The quantitative estimate of drug-likeness (QED) is 0.211. The summed E-state index contributed by atoms with van der Waals surface area (Å²) in [6.07, 6.45) is 5.92. The van der Waals surface area contributed by atoms with Gasteiger partial charge in [0.05, 0.1) is 33.5 Å². The third-order valence-corrected chi connectivity index (χ3v) is 7.04. The number of esters is 2. The zero-order chi connectivity index (χ0) is 29.2. The Kier molecular flexibility index (Phi) is 10.6. The maximum atomic E-state index is 13.2. The zero-order valence-electron chi connectivity index (χ0n) is 23.7. The normalized spacial score (nSPS) is 16.0. The molecule has 0 aliphatic heterocycles.